The molecule has 0 aliphatic carbocycles. The molecular weight excluding hydrogens is 446 g/mol. The van der Waals surface area contributed by atoms with Gasteiger partial charge < -0.3 is 10.6 Å². The van der Waals surface area contributed by atoms with Crippen LogP contribution in [0.25, 0.3) is 0 Å². The average molecular weight is 480 g/mol. The van der Waals surface area contributed by atoms with Gasteiger partial charge in [-0.05, 0) is 30.4 Å². The Labute approximate surface area is 194 Å². The van der Waals surface area contributed by atoms with Crippen molar-refractivity contribution in [3.05, 3.63) is 50.7 Å². The molecule has 0 bridgehead atoms. The molecule has 1 amide bonds. The minimum atomic E-state index is -3.82. The lowest BCUT2D eigenvalue weighted by Crippen LogP contribution is -2.47. The first-order valence-electron chi connectivity index (χ1n) is 10.7. The molecule has 0 aliphatic rings. The summed E-state index contributed by atoms with van der Waals surface area (Å²) in [5, 5.41) is 0. The number of hydrogen-bond acceptors (Lipinski definition) is 6. The Morgan fingerprint density at radius 2 is 1.73 bits per heavy atom. The summed E-state index contributed by atoms with van der Waals surface area (Å²) in [5.41, 5.74) is 5.64. The first-order valence-corrected chi connectivity index (χ1v) is 12.5. The number of hydrogen-bond donors (Lipinski definition) is 2. The zero-order chi connectivity index (χ0) is 25.1. The van der Waals surface area contributed by atoms with E-state index in [-0.39, 0.29) is 36.4 Å². The molecule has 2 aromatic rings. The summed E-state index contributed by atoms with van der Waals surface area (Å²) in [7, 11) is -3.82. The zero-order valence-corrected chi connectivity index (χ0v) is 20.8. The number of anilines is 3. The number of para-hydroxylation sites is 1. The third-order valence-electron chi connectivity index (χ3n) is 4.94. The van der Waals surface area contributed by atoms with E-state index in [0.29, 0.717) is 11.3 Å². The van der Waals surface area contributed by atoms with Crippen LogP contribution in [0.5, 0.6) is 0 Å². The highest BCUT2D eigenvalue weighted by atomic mass is 32.2. The van der Waals surface area contributed by atoms with Crippen molar-refractivity contribution in [2.45, 2.75) is 41.2 Å². The molecule has 2 rings (SSSR count). The van der Waals surface area contributed by atoms with Gasteiger partial charge in [-0.2, -0.15) is 0 Å². The van der Waals surface area contributed by atoms with Gasteiger partial charge in [0.1, 0.15) is 12.4 Å². The number of nitrogens with two attached hydrogens (primary N) is 1. The van der Waals surface area contributed by atoms with Crippen LogP contribution < -0.4 is 26.2 Å². The minimum absolute atomic E-state index is 0.0554. The lowest BCUT2D eigenvalue weighted by Gasteiger charge is -2.30. The lowest BCUT2D eigenvalue weighted by molar-refractivity contribution is -0.117. The fraction of sp³-hybridized carbons (Fsp3) is 0.500. The summed E-state index contributed by atoms with van der Waals surface area (Å²) >= 11 is 0. The first-order chi connectivity index (χ1) is 15.2. The Bertz CT molecular complexity index is 1230. The van der Waals surface area contributed by atoms with Crippen molar-refractivity contribution in [1.29, 1.82) is 0 Å². The number of aryl methyl sites for hydroxylation is 1. The van der Waals surface area contributed by atoms with Crippen LogP contribution in [-0.4, -0.2) is 43.2 Å². The van der Waals surface area contributed by atoms with E-state index in [1.807, 2.05) is 27.7 Å². The number of carbonyl (C=O) groups is 1. The largest absolute Gasteiger partial charge is 0.383 e. The van der Waals surface area contributed by atoms with Crippen LogP contribution >= 0.6 is 0 Å². The predicted octanol–water partition coefficient (Wildman–Crippen LogP) is 1.54. The molecule has 33 heavy (non-hydrogen) atoms. The van der Waals surface area contributed by atoms with E-state index in [0.717, 1.165) is 10.6 Å². The minimum Gasteiger partial charge on any atom is -0.383 e. The number of aromatic nitrogens is 2. The molecule has 0 unspecified atom stereocenters. The average Bonchev–Trinajstić information content (AvgIpc) is 2.67. The van der Waals surface area contributed by atoms with E-state index in [2.05, 4.69) is 4.98 Å². The SMILES string of the molecule is Cc1ccccc1N(CC(=O)N(CC(C)C)c1c(N)n(CC(C)C)c(=O)[nH]c1=O)S(C)(=O)=O. The van der Waals surface area contributed by atoms with Crippen LogP contribution in [0.3, 0.4) is 0 Å². The van der Waals surface area contributed by atoms with Crippen molar-refractivity contribution in [3.63, 3.8) is 0 Å². The maximum Gasteiger partial charge on any atom is 0.330 e. The molecule has 1 aromatic heterocycles. The Kier molecular flexibility index (Phi) is 8.12. The monoisotopic (exact) mass is 479 g/mol. The molecular formula is C22H33N5O5S. The highest BCUT2D eigenvalue weighted by Crippen LogP contribution is 2.24. The second-order valence-corrected chi connectivity index (χ2v) is 10.9. The van der Waals surface area contributed by atoms with Crippen LogP contribution in [0.15, 0.2) is 33.9 Å². The molecule has 0 radical (unpaired) electrons. The molecule has 0 spiro atoms. The van der Waals surface area contributed by atoms with E-state index >= 15 is 0 Å². The quantitative estimate of drug-likeness (QED) is 0.559. The number of sulfonamides is 1. The van der Waals surface area contributed by atoms with E-state index in [4.69, 9.17) is 5.73 Å². The van der Waals surface area contributed by atoms with Crippen molar-refractivity contribution in [1.82, 2.24) is 9.55 Å². The number of rotatable bonds is 9. The molecule has 0 aliphatic heterocycles. The Morgan fingerprint density at radius 3 is 2.24 bits per heavy atom. The maximum absolute atomic E-state index is 13.5. The smallest absolute Gasteiger partial charge is 0.330 e. The number of nitrogens with zero attached hydrogens (tertiary/aromatic N) is 3. The second-order valence-electron chi connectivity index (χ2n) is 8.95. The molecule has 182 valence electrons. The Hall–Kier alpha value is -3.08. The van der Waals surface area contributed by atoms with Crippen LogP contribution in [0, 0.1) is 18.8 Å². The van der Waals surface area contributed by atoms with Gasteiger partial charge in [0.05, 0.1) is 11.9 Å². The number of nitrogen functional groups attached to an aromatic ring is 1. The number of H-pyrrole nitrogens is 1. The molecule has 1 heterocycles. The first kappa shape index (κ1) is 26.2. The number of aromatic amines is 1. The molecule has 0 saturated carbocycles. The summed E-state index contributed by atoms with van der Waals surface area (Å²) in [4.78, 5) is 42.0. The van der Waals surface area contributed by atoms with Gasteiger partial charge in [-0.3, -0.25) is 23.4 Å². The third-order valence-corrected chi connectivity index (χ3v) is 6.07. The van der Waals surface area contributed by atoms with Crippen LogP contribution in [0.2, 0.25) is 0 Å². The predicted molar refractivity (Wildman–Crippen MR) is 131 cm³/mol. The normalized spacial score (nSPS) is 11.8. The third kappa shape index (κ3) is 6.25. The van der Waals surface area contributed by atoms with Gasteiger partial charge in [0.25, 0.3) is 5.56 Å². The van der Waals surface area contributed by atoms with Gasteiger partial charge >= 0.3 is 5.69 Å². The van der Waals surface area contributed by atoms with Crippen molar-refractivity contribution < 1.29 is 13.2 Å². The highest BCUT2D eigenvalue weighted by Gasteiger charge is 2.29. The maximum atomic E-state index is 13.5. The molecule has 0 fully saturated rings. The number of benzene rings is 1. The van der Waals surface area contributed by atoms with Crippen molar-refractivity contribution in [3.8, 4) is 0 Å². The van der Waals surface area contributed by atoms with Crippen molar-refractivity contribution in [2.24, 2.45) is 11.8 Å². The molecule has 3 N–H and O–H groups in total. The Balaban J connectivity index is 2.62. The van der Waals surface area contributed by atoms with Gasteiger partial charge in [-0.1, -0.05) is 45.9 Å². The summed E-state index contributed by atoms with van der Waals surface area (Å²) in [6.45, 7) is 9.05. The van der Waals surface area contributed by atoms with Crippen molar-refractivity contribution >= 4 is 33.1 Å². The van der Waals surface area contributed by atoms with E-state index in [9.17, 15) is 22.8 Å². The summed E-state index contributed by atoms with van der Waals surface area (Å²) in [6, 6.07) is 6.81. The number of amides is 1. The van der Waals surface area contributed by atoms with E-state index in [1.54, 1.807) is 31.2 Å². The topological polar surface area (TPSA) is 139 Å². The van der Waals surface area contributed by atoms with Gasteiger partial charge in [0.2, 0.25) is 15.9 Å². The molecule has 11 heteroatoms. The highest BCUT2D eigenvalue weighted by molar-refractivity contribution is 7.92. The molecule has 1 aromatic carbocycles. The second kappa shape index (κ2) is 10.2. The fourth-order valence-corrected chi connectivity index (χ4v) is 4.41. The standard InChI is InChI=1S/C22H33N5O5S/c1-14(2)11-25(19-20(23)26(12-15(3)4)22(30)24-21(19)29)18(28)13-27(33(6,31)32)17-10-8-7-9-16(17)5/h7-10,14-15H,11-13,23H2,1-6H3,(H,24,29,30). The van der Waals surface area contributed by atoms with Gasteiger partial charge in [0.15, 0.2) is 5.69 Å². The van der Waals surface area contributed by atoms with Crippen LogP contribution in [-0.2, 0) is 21.4 Å². The van der Waals surface area contributed by atoms with Crippen LogP contribution in [0.4, 0.5) is 17.2 Å². The zero-order valence-electron chi connectivity index (χ0n) is 20.0. The van der Waals surface area contributed by atoms with E-state index in [1.165, 1.54) is 9.47 Å². The van der Waals surface area contributed by atoms with Crippen molar-refractivity contribution in [2.75, 3.05) is 34.3 Å². The molecule has 0 saturated heterocycles. The number of nitrogens with one attached hydrogen (secondary N) is 1. The fourth-order valence-electron chi connectivity index (χ4n) is 3.50. The van der Waals surface area contributed by atoms with E-state index < -0.39 is 33.7 Å². The van der Waals surface area contributed by atoms with Crippen LogP contribution in [0.1, 0.15) is 33.3 Å². The van der Waals surface area contributed by atoms with Gasteiger partial charge in [0, 0.05) is 13.1 Å². The lowest BCUT2D eigenvalue weighted by atomic mass is 10.1. The summed E-state index contributed by atoms with van der Waals surface area (Å²) < 4.78 is 27.4. The Morgan fingerprint density at radius 1 is 1.12 bits per heavy atom. The number of carbonyl (C=O) groups excluding carboxylic acids is 1. The summed E-state index contributed by atoms with van der Waals surface area (Å²) in [5.74, 6) is -0.777. The van der Waals surface area contributed by atoms with Gasteiger partial charge in [-0.15, -0.1) is 0 Å². The summed E-state index contributed by atoms with van der Waals surface area (Å²) in [6.07, 6.45) is 1.02. The molecule has 0 atom stereocenters. The molecule has 10 nitrogen and oxygen atoms in total. The van der Waals surface area contributed by atoms with Gasteiger partial charge in [-0.25, -0.2) is 13.2 Å².